The lowest BCUT2D eigenvalue weighted by Crippen LogP contribution is -2.37. The Morgan fingerprint density at radius 3 is 2.85 bits per heavy atom. The standard InChI is InChI=1S/C13H18N4O2S/c1-8(2)3-16-4-9-5-17(6-10(9)12(16)18)13(19)11-7-20-15-14-11/h7-10H,3-6H2,1-2H3/t9-,10+/m1/s1. The van der Waals surface area contributed by atoms with Crippen LogP contribution in [0.4, 0.5) is 0 Å². The number of amides is 2. The van der Waals surface area contributed by atoms with E-state index in [1.807, 2.05) is 4.90 Å². The molecule has 1 aromatic rings. The van der Waals surface area contributed by atoms with Gasteiger partial charge in [0.1, 0.15) is 0 Å². The van der Waals surface area contributed by atoms with Crippen LogP contribution in [0.1, 0.15) is 24.3 Å². The van der Waals surface area contributed by atoms with Crippen LogP contribution in [-0.4, -0.2) is 57.4 Å². The summed E-state index contributed by atoms with van der Waals surface area (Å²) in [6, 6.07) is 0. The van der Waals surface area contributed by atoms with E-state index in [0.29, 0.717) is 24.7 Å². The third kappa shape index (κ3) is 2.30. The lowest BCUT2D eigenvalue weighted by Gasteiger charge is -2.22. The van der Waals surface area contributed by atoms with E-state index in [9.17, 15) is 9.59 Å². The summed E-state index contributed by atoms with van der Waals surface area (Å²) in [5.41, 5.74) is 0.390. The maximum atomic E-state index is 12.3. The topological polar surface area (TPSA) is 66.4 Å². The molecule has 2 saturated heterocycles. The highest BCUT2D eigenvalue weighted by atomic mass is 32.1. The lowest BCUT2D eigenvalue weighted by atomic mass is 10.0. The molecule has 2 amide bonds. The van der Waals surface area contributed by atoms with Gasteiger partial charge in [-0.15, -0.1) is 5.10 Å². The van der Waals surface area contributed by atoms with Crippen LogP contribution in [0.3, 0.4) is 0 Å². The Hall–Kier alpha value is -1.50. The quantitative estimate of drug-likeness (QED) is 0.824. The number of nitrogens with zero attached hydrogens (tertiary/aromatic N) is 4. The Morgan fingerprint density at radius 2 is 2.25 bits per heavy atom. The van der Waals surface area contributed by atoms with E-state index in [1.54, 1.807) is 10.3 Å². The summed E-state index contributed by atoms with van der Waals surface area (Å²) in [6.07, 6.45) is 0. The summed E-state index contributed by atoms with van der Waals surface area (Å²) in [5.74, 6) is 0.837. The van der Waals surface area contributed by atoms with Crippen molar-refractivity contribution < 1.29 is 9.59 Å². The zero-order chi connectivity index (χ0) is 14.3. The monoisotopic (exact) mass is 294 g/mol. The van der Waals surface area contributed by atoms with Crippen LogP contribution in [0.25, 0.3) is 0 Å². The number of likely N-dealkylation sites (tertiary alicyclic amines) is 2. The first kappa shape index (κ1) is 13.5. The van der Waals surface area contributed by atoms with Crippen LogP contribution in [0.2, 0.25) is 0 Å². The van der Waals surface area contributed by atoms with Gasteiger partial charge in [0.05, 0.1) is 5.92 Å². The molecule has 2 fully saturated rings. The molecule has 0 radical (unpaired) electrons. The maximum Gasteiger partial charge on any atom is 0.275 e. The maximum absolute atomic E-state index is 12.3. The molecule has 7 heteroatoms. The minimum atomic E-state index is -0.101. The first-order chi connectivity index (χ1) is 9.56. The molecule has 0 unspecified atom stereocenters. The van der Waals surface area contributed by atoms with Gasteiger partial charge in [-0.2, -0.15) is 0 Å². The highest BCUT2D eigenvalue weighted by molar-refractivity contribution is 7.03. The number of rotatable bonds is 3. The van der Waals surface area contributed by atoms with Crippen molar-refractivity contribution >= 4 is 23.3 Å². The molecule has 2 atom stereocenters. The van der Waals surface area contributed by atoms with Crippen molar-refractivity contribution in [2.45, 2.75) is 13.8 Å². The van der Waals surface area contributed by atoms with E-state index < -0.39 is 0 Å². The highest BCUT2D eigenvalue weighted by Crippen LogP contribution is 2.33. The summed E-state index contributed by atoms with van der Waals surface area (Å²) in [4.78, 5) is 28.2. The predicted molar refractivity (Wildman–Crippen MR) is 74.2 cm³/mol. The van der Waals surface area contributed by atoms with E-state index in [4.69, 9.17) is 0 Å². The average molecular weight is 294 g/mol. The Labute approximate surface area is 121 Å². The molecule has 3 heterocycles. The number of aromatic nitrogens is 2. The van der Waals surface area contributed by atoms with Crippen molar-refractivity contribution in [3.8, 4) is 0 Å². The molecule has 20 heavy (non-hydrogen) atoms. The number of carbonyl (C=O) groups is 2. The molecule has 2 aliphatic heterocycles. The molecule has 1 aromatic heterocycles. The van der Waals surface area contributed by atoms with Crippen LogP contribution < -0.4 is 0 Å². The van der Waals surface area contributed by atoms with E-state index in [-0.39, 0.29) is 23.7 Å². The van der Waals surface area contributed by atoms with Gasteiger partial charge in [-0.1, -0.05) is 18.3 Å². The zero-order valence-electron chi connectivity index (χ0n) is 11.7. The molecular weight excluding hydrogens is 276 g/mol. The number of carbonyl (C=O) groups excluding carboxylic acids is 2. The Bertz CT molecular complexity index is 516. The first-order valence-electron chi connectivity index (χ1n) is 6.91. The Morgan fingerprint density at radius 1 is 1.45 bits per heavy atom. The second kappa shape index (κ2) is 5.12. The van der Waals surface area contributed by atoms with E-state index in [1.165, 1.54) is 11.5 Å². The van der Waals surface area contributed by atoms with Crippen molar-refractivity contribution in [3.05, 3.63) is 11.1 Å². The van der Waals surface area contributed by atoms with Gasteiger partial charge in [-0.3, -0.25) is 9.59 Å². The molecular formula is C13H18N4O2S. The van der Waals surface area contributed by atoms with Crippen molar-refractivity contribution in [1.82, 2.24) is 19.4 Å². The number of hydrogen-bond acceptors (Lipinski definition) is 5. The third-order valence-electron chi connectivity index (χ3n) is 3.98. The molecule has 0 aliphatic carbocycles. The van der Waals surface area contributed by atoms with Gasteiger partial charge in [-0.25, -0.2) is 0 Å². The van der Waals surface area contributed by atoms with Crippen LogP contribution in [0.5, 0.6) is 0 Å². The first-order valence-corrected chi connectivity index (χ1v) is 7.75. The van der Waals surface area contributed by atoms with Crippen molar-refractivity contribution in [2.75, 3.05) is 26.2 Å². The van der Waals surface area contributed by atoms with Gasteiger partial charge in [0.2, 0.25) is 5.91 Å². The van der Waals surface area contributed by atoms with Gasteiger partial charge in [0.25, 0.3) is 5.91 Å². The van der Waals surface area contributed by atoms with Crippen molar-refractivity contribution in [1.29, 1.82) is 0 Å². The molecule has 0 bridgehead atoms. The highest BCUT2D eigenvalue weighted by Gasteiger charge is 2.47. The minimum Gasteiger partial charge on any atom is -0.342 e. The molecule has 108 valence electrons. The molecule has 0 aromatic carbocycles. The van der Waals surface area contributed by atoms with Gasteiger partial charge >= 0.3 is 0 Å². The molecule has 2 aliphatic rings. The van der Waals surface area contributed by atoms with Crippen molar-refractivity contribution in [2.24, 2.45) is 17.8 Å². The second-order valence-corrected chi connectivity index (χ2v) is 6.61. The fourth-order valence-corrected chi connectivity index (χ4v) is 3.56. The summed E-state index contributed by atoms with van der Waals surface area (Å²) >= 11 is 1.17. The van der Waals surface area contributed by atoms with Crippen LogP contribution in [-0.2, 0) is 4.79 Å². The Balaban J connectivity index is 1.65. The van der Waals surface area contributed by atoms with E-state index >= 15 is 0 Å². The van der Waals surface area contributed by atoms with Gasteiger partial charge in [0, 0.05) is 37.5 Å². The molecule has 0 spiro atoms. The van der Waals surface area contributed by atoms with Crippen LogP contribution in [0.15, 0.2) is 5.38 Å². The number of fused-ring (bicyclic) bond motifs is 1. The average Bonchev–Trinajstić information content (AvgIpc) is 3.08. The van der Waals surface area contributed by atoms with E-state index in [2.05, 4.69) is 23.4 Å². The van der Waals surface area contributed by atoms with Crippen LogP contribution >= 0.6 is 11.5 Å². The molecule has 0 saturated carbocycles. The molecule has 0 N–H and O–H groups in total. The normalized spacial score (nSPS) is 25.6. The van der Waals surface area contributed by atoms with Crippen LogP contribution in [0, 0.1) is 17.8 Å². The van der Waals surface area contributed by atoms with Gasteiger partial charge < -0.3 is 9.80 Å². The predicted octanol–water partition coefficient (Wildman–Crippen LogP) is 0.724. The third-order valence-corrected chi connectivity index (χ3v) is 4.48. The zero-order valence-corrected chi connectivity index (χ0v) is 12.5. The van der Waals surface area contributed by atoms with Crippen molar-refractivity contribution in [3.63, 3.8) is 0 Å². The summed E-state index contributed by atoms with van der Waals surface area (Å²) in [5, 5.41) is 5.47. The fourth-order valence-electron chi connectivity index (χ4n) is 3.13. The summed E-state index contributed by atoms with van der Waals surface area (Å²) in [7, 11) is 0. The molecule has 6 nitrogen and oxygen atoms in total. The summed E-state index contributed by atoms with van der Waals surface area (Å²) in [6.45, 7) is 7.01. The summed E-state index contributed by atoms with van der Waals surface area (Å²) < 4.78 is 3.72. The lowest BCUT2D eigenvalue weighted by molar-refractivity contribution is -0.131. The minimum absolute atomic E-state index is 0.0238. The SMILES string of the molecule is CC(C)CN1C[C@@H]2CN(C(=O)c3csnn3)C[C@@H]2C1=O. The fraction of sp³-hybridized carbons (Fsp3) is 0.692. The Kier molecular flexibility index (Phi) is 3.45. The van der Waals surface area contributed by atoms with E-state index in [0.717, 1.165) is 13.1 Å². The molecule has 3 rings (SSSR count). The number of hydrogen-bond donors (Lipinski definition) is 0. The smallest absolute Gasteiger partial charge is 0.275 e. The second-order valence-electron chi connectivity index (χ2n) is 6.00. The van der Waals surface area contributed by atoms with Gasteiger partial charge in [0.15, 0.2) is 5.69 Å². The van der Waals surface area contributed by atoms with Gasteiger partial charge in [-0.05, 0) is 17.5 Å². The largest absolute Gasteiger partial charge is 0.342 e.